The number of aromatic carboxylic acids is 1. The summed E-state index contributed by atoms with van der Waals surface area (Å²) in [5.41, 5.74) is 0.641. The van der Waals surface area contributed by atoms with E-state index in [1.54, 1.807) is 18.3 Å². The second kappa shape index (κ2) is 6.00. The van der Waals surface area contributed by atoms with Gasteiger partial charge in [0.05, 0.1) is 6.04 Å². The van der Waals surface area contributed by atoms with E-state index in [-0.39, 0.29) is 11.7 Å². The molecule has 0 aliphatic carbocycles. The first-order valence-electron chi connectivity index (χ1n) is 6.36. The summed E-state index contributed by atoms with van der Waals surface area (Å²) in [6.07, 6.45) is 0. The van der Waals surface area contributed by atoms with Crippen molar-refractivity contribution >= 4 is 23.3 Å². The predicted octanol–water partition coefficient (Wildman–Crippen LogP) is 3.35. The highest BCUT2D eigenvalue weighted by Gasteiger charge is 2.19. The predicted molar refractivity (Wildman–Crippen MR) is 79.2 cm³/mol. The van der Waals surface area contributed by atoms with Crippen LogP contribution < -0.4 is 5.32 Å². The Morgan fingerprint density at radius 3 is 2.70 bits per heavy atom. The minimum Gasteiger partial charge on any atom is -0.477 e. The van der Waals surface area contributed by atoms with Crippen LogP contribution in [0, 0.1) is 12.8 Å². The number of carbonyl (C=O) groups is 1. The number of carboxylic acid groups (broad SMARTS) is 1. The smallest absolute Gasteiger partial charge is 0.354 e. The van der Waals surface area contributed by atoms with Crippen molar-refractivity contribution in [2.24, 2.45) is 5.92 Å². The van der Waals surface area contributed by atoms with Gasteiger partial charge < -0.3 is 10.4 Å². The third-order valence-electron chi connectivity index (χ3n) is 2.87. The summed E-state index contributed by atoms with van der Waals surface area (Å²) in [5.74, 6) is -0.351. The van der Waals surface area contributed by atoms with Gasteiger partial charge in [-0.25, -0.2) is 14.8 Å². The minimum atomic E-state index is -1.05. The molecule has 0 saturated carbocycles. The van der Waals surface area contributed by atoms with Gasteiger partial charge in [0.1, 0.15) is 0 Å². The summed E-state index contributed by atoms with van der Waals surface area (Å²) < 4.78 is 0. The average molecular weight is 291 g/mol. The van der Waals surface area contributed by atoms with Crippen LogP contribution in [-0.2, 0) is 0 Å². The molecule has 0 bridgehead atoms. The Balaban J connectivity index is 2.29. The first-order valence-corrected chi connectivity index (χ1v) is 7.24. The van der Waals surface area contributed by atoms with E-state index < -0.39 is 5.97 Å². The van der Waals surface area contributed by atoms with Gasteiger partial charge in [-0.2, -0.15) is 0 Å². The molecule has 1 unspecified atom stereocenters. The van der Waals surface area contributed by atoms with Gasteiger partial charge in [-0.15, -0.1) is 11.3 Å². The summed E-state index contributed by atoms with van der Waals surface area (Å²) in [7, 11) is 0. The maximum absolute atomic E-state index is 11.0. The number of carboxylic acids is 1. The van der Waals surface area contributed by atoms with E-state index in [0.29, 0.717) is 17.6 Å². The minimum absolute atomic E-state index is 0.00804. The lowest BCUT2D eigenvalue weighted by molar-refractivity contribution is 0.0690. The molecule has 6 heteroatoms. The number of thiophene rings is 1. The van der Waals surface area contributed by atoms with Crippen molar-refractivity contribution in [3.63, 3.8) is 0 Å². The highest BCUT2D eigenvalue weighted by atomic mass is 32.1. The number of hydrogen-bond acceptors (Lipinski definition) is 5. The van der Waals surface area contributed by atoms with E-state index in [2.05, 4.69) is 35.2 Å². The molecule has 0 radical (unpaired) electrons. The number of hydrogen-bond donors (Lipinski definition) is 2. The fraction of sp³-hybridized carbons (Fsp3) is 0.357. The Morgan fingerprint density at radius 1 is 1.40 bits per heavy atom. The standard InChI is InChI=1S/C14H17N3O2S/c1-8(2)12(11-5-4-6-20-11)17-14-15-9(3)7-10(16-14)13(18)19/h4-8,12H,1-3H3,(H,18,19)(H,15,16,17). The van der Waals surface area contributed by atoms with E-state index in [4.69, 9.17) is 5.11 Å². The normalized spacial score (nSPS) is 12.4. The molecule has 2 N–H and O–H groups in total. The second-order valence-corrected chi connectivity index (χ2v) is 5.88. The first-order chi connectivity index (χ1) is 9.47. The van der Waals surface area contributed by atoms with Crippen molar-refractivity contribution in [3.8, 4) is 0 Å². The molecule has 2 rings (SSSR count). The topological polar surface area (TPSA) is 75.1 Å². The zero-order valence-electron chi connectivity index (χ0n) is 11.6. The molecule has 1 atom stereocenters. The van der Waals surface area contributed by atoms with Crippen LogP contribution in [0.3, 0.4) is 0 Å². The average Bonchev–Trinajstić information content (AvgIpc) is 2.88. The van der Waals surface area contributed by atoms with Gasteiger partial charge in [0.25, 0.3) is 0 Å². The van der Waals surface area contributed by atoms with E-state index in [1.165, 1.54) is 10.9 Å². The fourth-order valence-corrected chi connectivity index (χ4v) is 2.87. The van der Waals surface area contributed by atoms with Gasteiger partial charge in [0.2, 0.25) is 5.95 Å². The summed E-state index contributed by atoms with van der Waals surface area (Å²) in [5, 5.41) is 14.3. The van der Waals surface area contributed by atoms with Gasteiger partial charge in [-0.3, -0.25) is 0 Å². The van der Waals surface area contributed by atoms with Crippen LogP contribution in [0.4, 0.5) is 5.95 Å². The molecule has 2 heterocycles. The lowest BCUT2D eigenvalue weighted by atomic mass is 10.0. The monoisotopic (exact) mass is 291 g/mol. The number of aryl methyl sites for hydroxylation is 1. The van der Waals surface area contributed by atoms with Crippen LogP contribution in [0.15, 0.2) is 23.6 Å². The van der Waals surface area contributed by atoms with Crippen molar-refractivity contribution in [1.82, 2.24) is 9.97 Å². The van der Waals surface area contributed by atoms with Crippen LogP contribution in [0.25, 0.3) is 0 Å². The number of nitrogens with zero attached hydrogens (tertiary/aromatic N) is 2. The van der Waals surface area contributed by atoms with Crippen LogP contribution >= 0.6 is 11.3 Å². The van der Waals surface area contributed by atoms with Crippen molar-refractivity contribution in [2.75, 3.05) is 5.32 Å². The Kier molecular flexibility index (Phi) is 4.34. The Labute approximate surface area is 121 Å². The van der Waals surface area contributed by atoms with Gasteiger partial charge in [-0.05, 0) is 30.4 Å². The molecule has 0 saturated heterocycles. The summed E-state index contributed by atoms with van der Waals surface area (Å²) >= 11 is 1.66. The van der Waals surface area contributed by atoms with Gasteiger partial charge in [0.15, 0.2) is 5.69 Å². The van der Waals surface area contributed by atoms with E-state index >= 15 is 0 Å². The van der Waals surface area contributed by atoms with Gasteiger partial charge in [-0.1, -0.05) is 19.9 Å². The number of nitrogens with one attached hydrogen (secondary N) is 1. The molecule has 5 nitrogen and oxygen atoms in total. The van der Waals surface area contributed by atoms with Crippen molar-refractivity contribution in [1.29, 1.82) is 0 Å². The Bertz CT molecular complexity index is 596. The SMILES string of the molecule is Cc1cc(C(=O)O)nc(NC(c2cccs2)C(C)C)n1. The van der Waals surface area contributed by atoms with Crippen LogP contribution in [-0.4, -0.2) is 21.0 Å². The number of anilines is 1. The largest absolute Gasteiger partial charge is 0.477 e. The summed E-state index contributed by atoms with van der Waals surface area (Å²) in [4.78, 5) is 20.5. The van der Waals surface area contributed by atoms with Crippen molar-refractivity contribution < 1.29 is 9.90 Å². The van der Waals surface area contributed by atoms with E-state index in [0.717, 1.165) is 0 Å². The summed E-state index contributed by atoms with van der Waals surface area (Å²) in [6.45, 7) is 5.96. The molecule has 20 heavy (non-hydrogen) atoms. The zero-order chi connectivity index (χ0) is 14.7. The highest BCUT2D eigenvalue weighted by molar-refractivity contribution is 7.10. The molecule has 0 amide bonds. The van der Waals surface area contributed by atoms with Gasteiger partial charge in [0, 0.05) is 10.6 Å². The third kappa shape index (κ3) is 3.33. The molecule has 0 aliphatic rings. The zero-order valence-corrected chi connectivity index (χ0v) is 12.4. The maximum atomic E-state index is 11.0. The van der Waals surface area contributed by atoms with Crippen LogP contribution in [0.2, 0.25) is 0 Å². The number of rotatable bonds is 5. The molecule has 2 aromatic heterocycles. The third-order valence-corrected chi connectivity index (χ3v) is 3.83. The quantitative estimate of drug-likeness (QED) is 0.883. The molecule has 0 aromatic carbocycles. The van der Waals surface area contributed by atoms with Gasteiger partial charge >= 0.3 is 5.97 Å². The molecule has 106 valence electrons. The van der Waals surface area contributed by atoms with Crippen LogP contribution in [0.5, 0.6) is 0 Å². The molecule has 0 aliphatic heterocycles. The Hall–Kier alpha value is -1.95. The number of aromatic nitrogens is 2. The summed E-state index contributed by atoms with van der Waals surface area (Å²) in [6, 6.07) is 5.58. The molecular formula is C14H17N3O2S. The molecule has 0 fully saturated rings. The first kappa shape index (κ1) is 14.5. The molecule has 2 aromatic rings. The van der Waals surface area contributed by atoms with E-state index in [9.17, 15) is 4.79 Å². The second-order valence-electron chi connectivity index (χ2n) is 4.90. The maximum Gasteiger partial charge on any atom is 0.354 e. The molecular weight excluding hydrogens is 274 g/mol. The fourth-order valence-electron chi connectivity index (χ4n) is 1.92. The highest BCUT2D eigenvalue weighted by Crippen LogP contribution is 2.28. The lowest BCUT2D eigenvalue weighted by Gasteiger charge is -2.21. The van der Waals surface area contributed by atoms with E-state index in [1.807, 2.05) is 11.4 Å². The van der Waals surface area contributed by atoms with Crippen molar-refractivity contribution in [3.05, 3.63) is 39.8 Å². The van der Waals surface area contributed by atoms with Crippen LogP contribution in [0.1, 0.15) is 40.9 Å². The lowest BCUT2D eigenvalue weighted by Crippen LogP contribution is -2.18. The van der Waals surface area contributed by atoms with Crippen molar-refractivity contribution in [2.45, 2.75) is 26.8 Å². The molecule has 0 spiro atoms. The Morgan fingerprint density at radius 2 is 2.15 bits per heavy atom.